The van der Waals surface area contributed by atoms with Gasteiger partial charge in [-0.1, -0.05) is 200 Å². The molecule has 2 atom stereocenters. The Morgan fingerprint density at radius 1 is 0.439 bits per heavy atom. The highest BCUT2D eigenvalue weighted by atomic mass is 16.3. The molecule has 10 aromatic carbocycles. The minimum atomic E-state index is -0.569. The summed E-state index contributed by atoms with van der Waals surface area (Å²) in [6.07, 6.45) is 0. The van der Waals surface area contributed by atoms with Crippen LogP contribution in [0.15, 0.2) is 235 Å². The maximum absolute atomic E-state index is 6.45. The van der Waals surface area contributed by atoms with Crippen molar-refractivity contribution in [2.24, 2.45) is 0 Å². The second-order valence-corrected chi connectivity index (χ2v) is 17.9. The van der Waals surface area contributed by atoms with Crippen LogP contribution < -0.4 is 5.32 Å². The summed E-state index contributed by atoms with van der Waals surface area (Å²) in [5.41, 5.74) is 21.3. The number of benzene rings is 10. The monoisotopic (exact) mass is 842 g/mol. The van der Waals surface area contributed by atoms with Crippen LogP contribution in [0.5, 0.6) is 0 Å². The second kappa shape index (κ2) is 14.4. The lowest BCUT2D eigenvalue weighted by Crippen LogP contribution is -2.33. The number of aromatic nitrogens is 1. The Bertz CT molecular complexity index is 3880. The maximum Gasteiger partial charge on any atom is 0.136 e. The molecule has 66 heavy (non-hydrogen) atoms. The molecule has 0 amide bonds. The number of nitrogens with zero attached hydrogens (tertiary/aromatic N) is 1. The third-order valence-electron chi connectivity index (χ3n) is 14.6. The molecule has 1 aliphatic carbocycles. The van der Waals surface area contributed by atoms with E-state index < -0.39 is 5.41 Å². The Morgan fingerprint density at radius 3 is 1.95 bits per heavy atom. The van der Waals surface area contributed by atoms with E-state index in [-0.39, 0.29) is 6.04 Å². The first-order chi connectivity index (χ1) is 32.8. The highest BCUT2D eigenvalue weighted by molar-refractivity contribution is 6.14. The van der Waals surface area contributed by atoms with E-state index in [1.165, 1.54) is 99.8 Å². The number of para-hydroxylation sites is 4. The van der Waals surface area contributed by atoms with Crippen molar-refractivity contribution < 1.29 is 4.42 Å². The number of nitrogens with one attached hydrogen (secondary N) is 1. The Kier molecular flexibility index (Phi) is 8.10. The van der Waals surface area contributed by atoms with E-state index in [1.807, 2.05) is 0 Å². The molecule has 12 aromatic rings. The van der Waals surface area contributed by atoms with Crippen molar-refractivity contribution in [1.82, 2.24) is 9.88 Å². The maximum atomic E-state index is 6.45. The van der Waals surface area contributed by atoms with E-state index in [9.17, 15) is 0 Å². The van der Waals surface area contributed by atoms with Crippen LogP contribution in [0.3, 0.4) is 0 Å². The van der Waals surface area contributed by atoms with Gasteiger partial charge in [0.1, 0.15) is 11.2 Å². The molecular formula is C63H42N2O. The summed E-state index contributed by atoms with van der Waals surface area (Å²) in [4.78, 5) is 0. The summed E-state index contributed by atoms with van der Waals surface area (Å²) in [6.45, 7) is 0.664. The van der Waals surface area contributed by atoms with Crippen molar-refractivity contribution in [2.75, 3.05) is 0 Å². The smallest absolute Gasteiger partial charge is 0.136 e. The Morgan fingerprint density at radius 2 is 1.08 bits per heavy atom. The fourth-order valence-electron chi connectivity index (χ4n) is 11.9. The Labute approximate surface area is 382 Å². The second-order valence-electron chi connectivity index (χ2n) is 17.9. The molecule has 0 radical (unpaired) electrons. The molecule has 3 nitrogen and oxygen atoms in total. The zero-order valence-electron chi connectivity index (χ0n) is 36.1. The van der Waals surface area contributed by atoms with E-state index in [1.54, 1.807) is 0 Å². The van der Waals surface area contributed by atoms with Gasteiger partial charge in [0.2, 0.25) is 0 Å². The third-order valence-corrected chi connectivity index (χ3v) is 14.6. The lowest BCUT2D eigenvalue weighted by Gasteiger charge is -2.39. The molecule has 3 heterocycles. The summed E-state index contributed by atoms with van der Waals surface area (Å²) in [7, 11) is 0. The van der Waals surface area contributed by atoms with E-state index in [0.717, 1.165) is 21.9 Å². The summed E-state index contributed by atoms with van der Waals surface area (Å²) in [5, 5.41) is 8.96. The number of hydrogen-bond acceptors (Lipinski definition) is 2. The van der Waals surface area contributed by atoms with Gasteiger partial charge in [-0.05, 0) is 103 Å². The van der Waals surface area contributed by atoms with E-state index in [4.69, 9.17) is 4.42 Å². The van der Waals surface area contributed by atoms with Crippen LogP contribution in [0.25, 0.3) is 82.8 Å². The van der Waals surface area contributed by atoms with Gasteiger partial charge in [0.15, 0.2) is 0 Å². The molecule has 0 fully saturated rings. The summed E-state index contributed by atoms with van der Waals surface area (Å²) >= 11 is 0. The molecule has 0 saturated carbocycles. The molecule has 3 heteroatoms. The largest absolute Gasteiger partial charge is 0.456 e. The van der Waals surface area contributed by atoms with Crippen molar-refractivity contribution in [3.8, 4) is 39.1 Å². The predicted octanol–water partition coefficient (Wildman–Crippen LogP) is 15.6. The first-order valence-corrected chi connectivity index (χ1v) is 23.0. The zero-order chi connectivity index (χ0) is 43.3. The fraction of sp³-hybridized carbons (Fsp3) is 0.0476. The fourth-order valence-corrected chi connectivity index (χ4v) is 11.9. The standard InChI is InChI=1S/C63H42N2O/c1-3-16-40(17-4-1)41-32-34-43(35-33-41)61(42-18-5-2-6-19-42)64-39-45-20-13-26-53-59(45)50-38-44(46-23-15-31-58-60(46)49-22-8-12-30-57(49)66-58)36-37-51(50)63(53)52-25-9-11-29-56(52)65-55-28-10-7-21-47(55)48-24-14-27-54(63)62(48)65/h1-38,61,64H,39H2. The Hall–Kier alpha value is -8.24. The minimum absolute atomic E-state index is 0.0279. The Balaban J connectivity index is 1.000. The molecule has 1 spiro atoms. The highest BCUT2D eigenvalue weighted by Gasteiger charge is 2.51. The van der Waals surface area contributed by atoms with Gasteiger partial charge in [-0.25, -0.2) is 0 Å². The van der Waals surface area contributed by atoms with Crippen LogP contribution >= 0.6 is 0 Å². The molecule has 2 unspecified atom stereocenters. The van der Waals surface area contributed by atoms with Crippen LogP contribution in [0.2, 0.25) is 0 Å². The van der Waals surface area contributed by atoms with Gasteiger partial charge in [-0.15, -0.1) is 0 Å². The average Bonchev–Trinajstić information content (AvgIpc) is 4.04. The quantitative estimate of drug-likeness (QED) is 0.173. The van der Waals surface area contributed by atoms with Crippen molar-refractivity contribution in [3.05, 3.63) is 269 Å². The van der Waals surface area contributed by atoms with Gasteiger partial charge in [0, 0.05) is 28.1 Å². The molecule has 0 saturated heterocycles. The van der Waals surface area contributed by atoms with Gasteiger partial charge in [-0.3, -0.25) is 0 Å². The summed E-state index contributed by atoms with van der Waals surface area (Å²) in [5.74, 6) is 0. The summed E-state index contributed by atoms with van der Waals surface area (Å²) in [6, 6.07) is 84.8. The van der Waals surface area contributed by atoms with Gasteiger partial charge >= 0.3 is 0 Å². The SMILES string of the molecule is c1ccc(-c2ccc(C(NCc3cccc4c3-c3cc(-c5cccc6oc7ccccc7c56)ccc3C43c4ccccc4-n4c5ccccc5c5cccc3c54)c3ccccc3)cc2)cc1. The van der Waals surface area contributed by atoms with E-state index in [2.05, 4.69) is 240 Å². The molecular weight excluding hydrogens is 801 g/mol. The lowest BCUT2D eigenvalue weighted by atomic mass is 9.65. The van der Waals surface area contributed by atoms with Crippen LogP contribution in [-0.2, 0) is 12.0 Å². The van der Waals surface area contributed by atoms with Gasteiger partial charge in [0.25, 0.3) is 0 Å². The molecule has 2 aromatic heterocycles. The van der Waals surface area contributed by atoms with Crippen molar-refractivity contribution >= 4 is 43.7 Å². The predicted molar refractivity (Wildman–Crippen MR) is 271 cm³/mol. The molecule has 310 valence electrons. The van der Waals surface area contributed by atoms with Crippen molar-refractivity contribution in [1.29, 1.82) is 0 Å². The molecule has 14 rings (SSSR count). The van der Waals surface area contributed by atoms with E-state index in [0.29, 0.717) is 6.54 Å². The van der Waals surface area contributed by atoms with Gasteiger partial charge in [0.05, 0.1) is 28.2 Å². The zero-order valence-corrected chi connectivity index (χ0v) is 36.1. The van der Waals surface area contributed by atoms with E-state index >= 15 is 0 Å². The van der Waals surface area contributed by atoms with Crippen LogP contribution in [-0.4, -0.2) is 4.57 Å². The first-order valence-electron chi connectivity index (χ1n) is 23.0. The number of furan rings is 1. The first kappa shape index (κ1) is 37.2. The molecule has 1 N–H and O–H groups in total. The molecule has 1 aliphatic heterocycles. The lowest BCUT2D eigenvalue weighted by molar-refractivity contribution is 0.605. The van der Waals surface area contributed by atoms with Crippen molar-refractivity contribution in [3.63, 3.8) is 0 Å². The average molecular weight is 843 g/mol. The molecule has 0 bridgehead atoms. The van der Waals surface area contributed by atoms with Gasteiger partial charge in [-0.2, -0.15) is 0 Å². The summed E-state index contributed by atoms with van der Waals surface area (Å²) < 4.78 is 8.97. The van der Waals surface area contributed by atoms with Crippen LogP contribution in [0, 0.1) is 0 Å². The van der Waals surface area contributed by atoms with Crippen LogP contribution in [0.1, 0.15) is 45.0 Å². The van der Waals surface area contributed by atoms with Gasteiger partial charge < -0.3 is 14.3 Å². The van der Waals surface area contributed by atoms with Crippen molar-refractivity contribution in [2.45, 2.75) is 18.0 Å². The number of rotatable bonds is 7. The number of hydrogen-bond donors (Lipinski definition) is 1. The molecule has 2 aliphatic rings. The highest BCUT2D eigenvalue weighted by Crippen LogP contribution is 2.62. The minimum Gasteiger partial charge on any atom is -0.456 e. The number of fused-ring (bicyclic) bond motifs is 15. The topological polar surface area (TPSA) is 30.1 Å². The van der Waals surface area contributed by atoms with Crippen LogP contribution in [0.4, 0.5) is 0 Å². The normalized spacial score (nSPS) is 15.1. The third kappa shape index (κ3) is 5.23.